The molecule has 2 saturated heterocycles. The summed E-state index contributed by atoms with van der Waals surface area (Å²) in [7, 11) is -2.92. The van der Waals surface area contributed by atoms with Crippen molar-refractivity contribution in [1.29, 1.82) is 0 Å². The van der Waals surface area contributed by atoms with Crippen LogP contribution in [0.4, 0.5) is 0 Å². The number of rotatable bonds is 2. The Hall–Kier alpha value is -0.130. The number of nitrogens with one attached hydrogen (secondary N) is 1. The molecule has 0 aromatic rings. The van der Waals surface area contributed by atoms with Gasteiger partial charge in [0, 0.05) is 19.1 Å². The highest BCUT2D eigenvalue weighted by Crippen LogP contribution is 2.16. The summed E-state index contributed by atoms with van der Waals surface area (Å²) in [4.78, 5) is 0. The smallest absolute Gasteiger partial charge is 0.214 e. The number of nitrogens with zero attached hydrogens (tertiary/aromatic N) is 1. The van der Waals surface area contributed by atoms with E-state index in [1.54, 1.807) is 4.31 Å². The van der Waals surface area contributed by atoms with Crippen LogP contribution in [0.15, 0.2) is 0 Å². The molecule has 0 radical (unpaired) electrons. The van der Waals surface area contributed by atoms with E-state index in [9.17, 15) is 8.42 Å². The maximum absolute atomic E-state index is 11.7. The minimum absolute atomic E-state index is 0.347. The van der Waals surface area contributed by atoms with E-state index >= 15 is 0 Å². The van der Waals surface area contributed by atoms with Gasteiger partial charge < -0.3 is 5.32 Å². The van der Waals surface area contributed by atoms with E-state index < -0.39 is 10.0 Å². The molecule has 2 aliphatic heterocycles. The molecule has 1 N–H and O–H groups in total. The van der Waals surface area contributed by atoms with Gasteiger partial charge in [0.2, 0.25) is 10.0 Å². The summed E-state index contributed by atoms with van der Waals surface area (Å²) in [6, 6.07) is 0.392. The van der Waals surface area contributed by atoms with Crippen molar-refractivity contribution in [1.82, 2.24) is 9.62 Å². The Morgan fingerprint density at radius 2 is 2.14 bits per heavy atom. The Labute approximate surface area is 85.7 Å². The molecule has 14 heavy (non-hydrogen) atoms. The van der Waals surface area contributed by atoms with Gasteiger partial charge in [0.05, 0.1) is 5.75 Å². The largest absolute Gasteiger partial charge is 0.313 e. The van der Waals surface area contributed by atoms with Crippen molar-refractivity contribution in [3.8, 4) is 0 Å². The van der Waals surface area contributed by atoms with Gasteiger partial charge in [0.25, 0.3) is 0 Å². The van der Waals surface area contributed by atoms with Gasteiger partial charge in [0.15, 0.2) is 0 Å². The van der Waals surface area contributed by atoms with Crippen molar-refractivity contribution < 1.29 is 8.42 Å². The fourth-order valence-electron chi connectivity index (χ4n) is 2.20. The van der Waals surface area contributed by atoms with Crippen LogP contribution in [0.25, 0.3) is 0 Å². The molecule has 0 bridgehead atoms. The van der Waals surface area contributed by atoms with E-state index in [-0.39, 0.29) is 0 Å². The van der Waals surface area contributed by atoms with Gasteiger partial charge in [-0.15, -0.1) is 0 Å². The van der Waals surface area contributed by atoms with Crippen molar-refractivity contribution in [2.45, 2.75) is 31.7 Å². The van der Waals surface area contributed by atoms with Gasteiger partial charge in [0.1, 0.15) is 0 Å². The number of hydrogen-bond acceptors (Lipinski definition) is 3. The average Bonchev–Trinajstić information content (AvgIpc) is 2.61. The lowest BCUT2D eigenvalue weighted by Gasteiger charge is -2.28. The molecular formula is C9H18N2O2S. The van der Waals surface area contributed by atoms with E-state index in [0.29, 0.717) is 18.3 Å². The van der Waals surface area contributed by atoms with Crippen LogP contribution in [0, 0.1) is 0 Å². The Morgan fingerprint density at radius 3 is 2.79 bits per heavy atom. The molecule has 1 unspecified atom stereocenters. The predicted octanol–water partition coefficient (Wildman–Crippen LogP) is 0.164. The van der Waals surface area contributed by atoms with Gasteiger partial charge in [-0.2, -0.15) is 0 Å². The summed E-state index contributed by atoms with van der Waals surface area (Å²) < 4.78 is 25.0. The van der Waals surface area contributed by atoms with Crippen molar-refractivity contribution in [2.75, 3.05) is 25.4 Å². The van der Waals surface area contributed by atoms with Crippen molar-refractivity contribution in [3.05, 3.63) is 0 Å². The molecule has 0 aromatic carbocycles. The van der Waals surface area contributed by atoms with E-state index in [1.807, 2.05) is 0 Å². The monoisotopic (exact) mass is 218 g/mol. The van der Waals surface area contributed by atoms with Crippen LogP contribution < -0.4 is 5.32 Å². The first-order valence-electron chi connectivity index (χ1n) is 5.40. The molecule has 5 heteroatoms. The van der Waals surface area contributed by atoms with E-state index in [4.69, 9.17) is 0 Å². The first-order chi connectivity index (χ1) is 6.68. The van der Waals surface area contributed by atoms with Crippen molar-refractivity contribution in [3.63, 3.8) is 0 Å². The second kappa shape index (κ2) is 4.16. The Bertz CT molecular complexity index is 283. The van der Waals surface area contributed by atoms with Crippen LogP contribution in [0.5, 0.6) is 0 Å². The van der Waals surface area contributed by atoms with Gasteiger partial charge >= 0.3 is 0 Å². The number of sulfonamides is 1. The molecule has 0 amide bonds. The lowest BCUT2D eigenvalue weighted by molar-refractivity contribution is 0.349. The van der Waals surface area contributed by atoms with E-state index in [0.717, 1.165) is 32.4 Å². The summed E-state index contributed by atoms with van der Waals surface area (Å²) in [5, 5.41) is 3.34. The second-order valence-corrected chi connectivity index (χ2v) is 6.26. The van der Waals surface area contributed by atoms with Crippen LogP contribution in [0.2, 0.25) is 0 Å². The fraction of sp³-hybridized carbons (Fsp3) is 1.00. The number of hydrogen-bond donors (Lipinski definition) is 1. The molecular weight excluding hydrogens is 200 g/mol. The maximum Gasteiger partial charge on any atom is 0.214 e. The Kier molecular flexibility index (Phi) is 3.09. The molecule has 2 aliphatic rings. The Morgan fingerprint density at radius 1 is 1.29 bits per heavy atom. The quantitative estimate of drug-likeness (QED) is 0.718. The summed E-state index contributed by atoms with van der Waals surface area (Å²) in [5.41, 5.74) is 0. The van der Waals surface area contributed by atoms with Crippen LogP contribution in [-0.2, 0) is 10.0 Å². The highest BCUT2D eigenvalue weighted by atomic mass is 32.2. The molecule has 2 fully saturated rings. The maximum atomic E-state index is 11.7. The van der Waals surface area contributed by atoms with Gasteiger partial charge in [-0.25, -0.2) is 12.7 Å². The van der Waals surface area contributed by atoms with Gasteiger partial charge in [-0.1, -0.05) is 0 Å². The molecule has 0 aromatic heterocycles. The first kappa shape index (κ1) is 10.4. The molecule has 4 nitrogen and oxygen atoms in total. The minimum atomic E-state index is -2.92. The summed E-state index contributed by atoms with van der Waals surface area (Å²) >= 11 is 0. The van der Waals surface area contributed by atoms with Crippen molar-refractivity contribution in [2.24, 2.45) is 0 Å². The third-order valence-electron chi connectivity index (χ3n) is 3.04. The molecule has 2 heterocycles. The fourth-order valence-corrected chi connectivity index (χ4v) is 3.85. The van der Waals surface area contributed by atoms with Crippen molar-refractivity contribution >= 4 is 10.0 Å². The van der Waals surface area contributed by atoms with Crippen LogP contribution >= 0.6 is 0 Å². The third kappa shape index (κ3) is 2.27. The van der Waals surface area contributed by atoms with Gasteiger partial charge in [-0.05, 0) is 32.2 Å². The second-order valence-electron chi connectivity index (χ2n) is 4.17. The zero-order valence-corrected chi connectivity index (χ0v) is 9.22. The Balaban J connectivity index is 1.94. The predicted molar refractivity (Wildman–Crippen MR) is 55.6 cm³/mol. The average molecular weight is 218 g/mol. The standard InChI is InChI=1S/C9H18N2O2S/c12-14(13)7-2-1-6-11(14)8-9-4-3-5-10-9/h9-10H,1-8H2. The normalized spacial score (nSPS) is 33.3. The molecule has 0 aliphatic carbocycles. The first-order valence-corrected chi connectivity index (χ1v) is 7.00. The minimum Gasteiger partial charge on any atom is -0.313 e. The molecule has 1 atom stereocenters. The van der Waals surface area contributed by atoms with Crippen LogP contribution in [0.1, 0.15) is 25.7 Å². The molecule has 82 valence electrons. The van der Waals surface area contributed by atoms with E-state index in [1.165, 1.54) is 6.42 Å². The lowest BCUT2D eigenvalue weighted by Crippen LogP contribution is -2.44. The third-order valence-corrected chi connectivity index (χ3v) is 4.96. The van der Waals surface area contributed by atoms with Crippen LogP contribution in [-0.4, -0.2) is 44.2 Å². The zero-order valence-electron chi connectivity index (χ0n) is 8.41. The summed E-state index contributed by atoms with van der Waals surface area (Å²) in [6.45, 7) is 2.45. The molecule has 0 spiro atoms. The SMILES string of the molecule is O=S1(=O)CCCCN1CC1CCCN1. The molecule has 2 rings (SSSR count). The van der Waals surface area contributed by atoms with E-state index in [2.05, 4.69) is 5.32 Å². The lowest BCUT2D eigenvalue weighted by atomic mass is 10.2. The highest BCUT2D eigenvalue weighted by Gasteiger charge is 2.28. The van der Waals surface area contributed by atoms with Crippen LogP contribution in [0.3, 0.4) is 0 Å². The zero-order chi connectivity index (χ0) is 10.0. The summed E-state index contributed by atoms with van der Waals surface area (Å²) in [5.74, 6) is 0.347. The summed E-state index contributed by atoms with van der Waals surface area (Å²) in [6.07, 6.45) is 4.15. The highest BCUT2D eigenvalue weighted by molar-refractivity contribution is 7.89. The van der Waals surface area contributed by atoms with Gasteiger partial charge in [-0.3, -0.25) is 0 Å². The molecule has 0 saturated carbocycles. The topological polar surface area (TPSA) is 49.4 Å².